The molecule has 0 bridgehead atoms. The fourth-order valence-electron chi connectivity index (χ4n) is 3.03. The van der Waals surface area contributed by atoms with Crippen LogP contribution < -0.4 is 11.1 Å². The number of aromatic nitrogens is 5. The van der Waals surface area contributed by atoms with E-state index in [0.29, 0.717) is 16.4 Å². The zero-order chi connectivity index (χ0) is 19.8. The Hall–Kier alpha value is -3.26. The maximum absolute atomic E-state index is 14.2. The Morgan fingerprint density at radius 1 is 1.18 bits per heavy atom. The van der Waals surface area contributed by atoms with Crippen molar-refractivity contribution in [2.75, 3.05) is 11.1 Å². The standard InChI is InChI=1S/C19H17ClFN7/c1-10(16-14(20)4-3-5-15(16)21)24-19-26-17(25-18(22)27-19)12-6-7-13-8-23-11(2)28(13)9-12/h3-10H,1-2H3,(H3,22,24,25,26,27). The highest BCUT2D eigenvalue weighted by molar-refractivity contribution is 6.31. The van der Waals surface area contributed by atoms with Gasteiger partial charge >= 0.3 is 0 Å². The second kappa shape index (κ2) is 7.05. The molecule has 0 spiro atoms. The van der Waals surface area contributed by atoms with Gasteiger partial charge in [-0.05, 0) is 38.1 Å². The minimum absolute atomic E-state index is 0.0572. The van der Waals surface area contributed by atoms with Gasteiger partial charge in [-0.1, -0.05) is 17.7 Å². The molecule has 4 aromatic rings. The van der Waals surface area contributed by atoms with E-state index in [9.17, 15) is 4.39 Å². The van der Waals surface area contributed by atoms with Gasteiger partial charge in [-0.25, -0.2) is 9.37 Å². The zero-order valence-corrected chi connectivity index (χ0v) is 15.9. The van der Waals surface area contributed by atoms with Gasteiger partial charge in [0.2, 0.25) is 11.9 Å². The molecule has 0 saturated heterocycles. The van der Waals surface area contributed by atoms with E-state index in [1.165, 1.54) is 6.07 Å². The molecule has 0 aliphatic heterocycles. The molecule has 1 atom stereocenters. The minimum Gasteiger partial charge on any atom is -0.368 e. The van der Waals surface area contributed by atoms with E-state index < -0.39 is 11.9 Å². The number of aryl methyl sites for hydroxylation is 1. The van der Waals surface area contributed by atoms with Crippen molar-refractivity contribution in [3.8, 4) is 11.4 Å². The summed E-state index contributed by atoms with van der Waals surface area (Å²) in [6.45, 7) is 3.68. The van der Waals surface area contributed by atoms with Crippen LogP contribution in [0.4, 0.5) is 16.3 Å². The Morgan fingerprint density at radius 3 is 2.79 bits per heavy atom. The highest BCUT2D eigenvalue weighted by Crippen LogP contribution is 2.28. The third kappa shape index (κ3) is 3.34. The maximum atomic E-state index is 14.2. The quantitative estimate of drug-likeness (QED) is 0.539. The first-order valence-corrected chi connectivity index (χ1v) is 8.96. The van der Waals surface area contributed by atoms with Gasteiger partial charge in [0.1, 0.15) is 11.6 Å². The predicted octanol–water partition coefficient (Wildman–Crippen LogP) is 4.04. The maximum Gasteiger partial charge on any atom is 0.228 e. The van der Waals surface area contributed by atoms with E-state index in [1.807, 2.05) is 29.7 Å². The van der Waals surface area contributed by atoms with Crippen molar-refractivity contribution in [2.24, 2.45) is 0 Å². The predicted molar refractivity (Wildman–Crippen MR) is 107 cm³/mol. The van der Waals surface area contributed by atoms with E-state index in [2.05, 4.69) is 25.3 Å². The van der Waals surface area contributed by atoms with Crippen LogP contribution in [0.3, 0.4) is 0 Å². The summed E-state index contributed by atoms with van der Waals surface area (Å²) in [4.78, 5) is 17.1. The van der Waals surface area contributed by atoms with Crippen molar-refractivity contribution >= 4 is 29.0 Å². The molecule has 0 radical (unpaired) electrons. The van der Waals surface area contributed by atoms with Crippen LogP contribution in [0.25, 0.3) is 16.9 Å². The second-order valence-electron chi connectivity index (χ2n) is 6.36. The molecule has 0 aliphatic carbocycles. The lowest BCUT2D eigenvalue weighted by Gasteiger charge is -2.17. The largest absolute Gasteiger partial charge is 0.368 e. The van der Waals surface area contributed by atoms with Crippen molar-refractivity contribution in [2.45, 2.75) is 19.9 Å². The monoisotopic (exact) mass is 397 g/mol. The number of anilines is 2. The number of nitrogens with two attached hydrogens (primary N) is 1. The van der Waals surface area contributed by atoms with Crippen LogP contribution >= 0.6 is 11.6 Å². The summed E-state index contributed by atoms with van der Waals surface area (Å²) in [5, 5.41) is 3.37. The van der Waals surface area contributed by atoms with Gasteiger partial charge in [0.05, 0.1) is 17.8 Å². The van der Waals surface area contributed by atoms with Crippen molar-refractivity contribution in [1.82, 2.24) is 24.3 Å². The van der Waals surface area contributed by atoms with Crippen LogP contribution in [0.15, 0.2) is 42.7 Å². The summed E-state index contributed by atoms with van der Waals surface area (Å²) in [6.07, 6.45) is 3.67. The molecule has 142 valence electrons. The average Bonchev–Trinajstić information content (AvgIpc) is 3.01. The number of halogens is 2. The Balaban J connectivity index is 1.69. The molecule has 1 aromatic carbocycles. The molecule has 7 nitrogen and oxygen atoms in total. The first-order valence-electron chi connectivity index (χ1n) is 8.58. The molecule has 9 heteroatoms. The highest BCUT2D eigenvalue weighted by Gasteiger charge is 2.17. The van der Waals surface area contributed by atoms with Crippen LogP contribution in [-0.4, -0.2) is 24.3 Å². The van der Waals surface area contributed by atoms with Crippen molar-refractivity contribution in [1.29, 1.82) is 0 Å². The normalized spacial score (nSPS) is 12.3. The lowest BCUT2D eigenvalue weighted by molar-refractivity contribution is 0.600. The van der Waals surface area contributed by atoms with E-state index in [4.69, 9.17) is 17.3 Å². The summed E-state index contributed by atoms with van der Waals surface area (Å²) in [5.41, 5.74) is 7.92. The number of rotatable bonds is 4. The minimum atomic E-state index is -0.471. The number of nitrogen functional groups attached to an aromatic ring is 1. The molecule has 0 amide bonds. The fourth-order valence-corrected chi connectivity index (χ4v) is 3.35. The molecular formula is C19H17ClFN7. The van der Waals surface area contributed by atoms with Gasteiger partial charge < -0.3 is 15.5 Å². The summed E-state index contributed by atoms with van der Waals surface area (Å²) in [5.74, 6) is 1.13. The average molecular weight is 398 g/mol. The smallest absolute Gasteiger partial charge is 0.228 e. The van der Waals surface area contributed by atoms with E-state index in [0.717, 1.165) is 16.9 Å². The summed E-state index contributed by atoms with van der Waals surface area (Å²) < 4.78 is 16.1. The second-order valence-corrected chi connectivity index (χ2v) is 6.77. The Bertz CT molecular complexity index is 1150. The first kappa shape index (κ1) is 18.1. The van der Waals surface area contributed by atoms with Crippen LogP contribution in [0.1, 0.15) is 24.4 Å². The number of nitrogens with one attached hydrogen (secondary N) is 1. The highest BCUT2D eigenvalue weighted by atomic mass is 35.5. The molecule has 3 aromatic heterocycles. The molecule has 1 unspecified atom stereocenters. The molecule has 28 heavy (non-hydrogen) atoms. The number of nitrogens with zero attached hydrogens (tertiary/aromatic N) is 5. The lowest BCUT2D eigenvalue weighted by atomic mass is 10.1. The SMILES string of the molecule is Cc1ncc2ccc(-c3nc(N)nc(NC(C)c4c(F)cccc4Cl)n3)cn12. The van der Waals surface area contributed by atoms with Gasteiger partial charge in [0.25, 0.3) is 0 Å². The van der Waals surface area contributed by atoms with Gasteiger partial charge in [0, 0.05) is 22.3 Å². The third-order valence-corrected chi connectivity index (χ3v) is 4.73. The van der Waals surface area contributed by atoms with Crippen LogP contribution in [0.2, 0.25) is 5.02 Å². The van der Waals surface area contributed by atoms with E-state index in [1.54, 1.807) is 25.3 Å². The van der Waals surface area contributed by atoms with E-state index >= 15 is 0 Å². The number of hydrogen-bond donors (Lipinski definition) is 2. The van der Waals surface area contributed by atoms with Crippen molar-refractivity contribution < 1.29 is 4.39 Å². The molecule has 0 saturated carbocycles. The molecule has 0 fully saturated rings. The topological polar surface area (TPSA) is 94.0 Å². The van der Waals surface area contributed by atoms with Gasteiger partial charge in [-0.15, -0.1) is 0 Å². The molecule has 3 heterocycles. The van der Waals surface area contributed by atoms with E-state index in [-0.39, 0.29) is 11.9 Å². The Labute approximate surface area is 165 Å². The zero-order valence-electron chi connectivity index (χ0n) is 15.2. The number of fused-ring (bicyclic) bond motifs is 1. The molecule has 3 N–H and O–H groups in total. The van der Waals surface area contributed by atoms with Crippen LogP contribution in [0.5, 0.6) is 0 Å². The lowest BCUT2D eigenvalue weighted by Crippen LogP contribution is -2.13. The number of pyridine rings is 1. The summed E-state index contributed by atoms with van der Waals surface area (Å²) in [6, 6.07) is 7.88. The van der Waals surface area contributed by atoms with Gasteiger partial charge in [-0.3, -0.25) is 0 Å². The van der Waals surface area contributed by atoms with Crippen LogP contribution in [0, 0.1) is 12.7 Å². The third-order valence-electron chi connectivity index (χ3n) is 4.40. The van der Waals surface area contributed by atoms with Gasteiger partial charge in [-0.2, -0.15) is 15.0 Å². The molecule has 0 aliphatic rings. The Kier molecular flexibility index (Phi) is 4.56. The molecule has 4 rings (SSSR count). The number of hydrogen-bond acceptors (Lipinski definition) is 6. The van der Waals surface area contributed by atoms with Crippen molar-refractivity contribution in [3.05, 3.63) is 65.0 Å². The number of benzene rings is 1. The van der Waals surface area contributed by atoms with Crippen LogP contribution in [-0.2, 0) is 0 Å². The Morgan fingerprint density at radius 2 is 2.00 bits per heavy atom. The van der Waals surface area contributed by atoms with Crippen molar-refractivity contribution in [3.63, 3.8) is 0 Å². The fraction of sp³-hybridized carbons (Fsp3) is 0.158. The summed E-state index contributed by atoms with van der Waals surface area (Å²) >= 11 is 6.14. The van der Waals surface area contributed by atoms with Gasteiger partial charge in [0.15, 0.2) is 5.82 Å². The number of imidazole rings is 1. The summed E-state index contributed by atoms with van der Waals surface area (Å²) in [7, 11) is 0. The molecular weight excluding hydrogens is 381 g/mol. The first-order chi connectivity index (χ1) is 13.4.